The summed E-state index contributed by atoms with van der Waals surface area (Å²) in [7, 11) is 0. The van der Waals surface area contributed by atoms with Gasteiger partial charge in [-0.2, -0.15) is 0 Å². The monoisotopic (exact) mass is 283 g/mol. The van der Waals surface area contributed by atoms with Gasteiger partial charge in [-0.1, -0.05) is 30.3 Å². The molecular weight excluding hydrogens is 262 g/mol. The molecule has 0 atom stereocenters. The maximum Gasteiger partial charge on any atom is 0.255 e. The number of carbonyl (C=O) groups excluding carboxylic acids is 1. The molecule has 1 amide bonds. The number of amides is 1. The van der Waals surface area contributed by atoms with Crippen LogP contribution in [0.1, 0.15) is 29.8 Å². The van der Waals surface area contributed by atoms with Crippen molar-refractivity contribution < 1.29 is 4.79 Å². The van der Waals surface area contributed by atoms with Crippen molar-refractivity contribution in [1.29, 1.82) is 0 Å². The largest absolute Gasteiger partial charge is 0.380 e. The van der Waals surface area contributed by atoms with Gasteiger partial charge < -0.3 is 10.2 Å². The zero-order valence-corrected chi connectivity index (χ0v) is 12.5. The molecular formula is C17H21N3O. The van der Waals surface area contributed by atoms with Crippen molar-refractivity contribution in [3.63, 3.8) is 0 Å². The minimum Gasteiger partial charge on any atom is -0.380 e. The van der Waals surface area contributed by atoms with Crippen LogP contribution in [0.5, 0.6) is 0 Å². The molecule has 4 nitrogen and oxygen atoms in total. The van der Waals surface area contributed by atoms with E-state index in [-0.39, 0.29) is 5.91 Å². The van der Waals surface area contributed by atoms with E-state index in [4.69, 9.17) is 0 Å². The lowest BCUT2D eigenvalue weighted by atomic mass is 10.2. The fraction of sp³-hybridized carbons (Fsp3) is 0.294. The van der Waals surface area contributed by atoms with Crippen LogP contribution in [0.4, 0.5) is 5.69 Å². The van der Waals surface area contributed by atoms with E-state index in [1.54, 1.807) is 17.3 Å². The van der Waals surface area contributed by atoms with E-state index >= 15 is 0 Å². The third-order valence-electron chi connectivity index (χ3n) is 3.38. The van der Waals surface area contributed by atoms with Gasteiger partial charge in [0.15, 0.2) is 0 Å². The molecule has 0 fully saturated rings. The Bertz CT molecular complexity index is 580. The molecule has 0 unspecified atom stereocenters. The molecule has 1 heterocycles. The highest BCUT2D eigenvalue weighted by atomic mass is 16.2. The second-order valence-electron chi connectivity index (χ2n) is 4.78. The SMILES string of the molecule is CCN(CC)C(=O)c1cncc(NCc2ccccc2)c1. The maximum absolute atomic E-state index is 12.3. The zero-order valence-electron chi connectivity index (χ0n) is 12.5. The first-order valence-corrected chi connectivity index (χ1v) is 7.26. The molecule has 4 heteroatoms. The van der Waals surface area contributed by atoms with Crippen molar-refractivity contribution >= 4 is 11.6 Å². The van der Waals surface area contributed by atoms with Crippen LogP contribution in [0.25, 0.3) is 0 Å². The molecule has 0 spiro atoms. The first kappa shape index (κ1) is 15.0. The molecule has 2 rings (SSSR count). The Morgan fingerprint density at radius 3 is 2.52 bits per heavy atom. The van der Waals surface area contributed by atoms with Gasteiger partial charge in [0, 0.05) is 32.0 Å². The summed E-state index contributed by atoms with van der Waals surface area (Å²) in [4.78, 5) is 18.2. The van der Waals surface area contributed by atoms with Crippen LogP contribution in [-0.4, -0.2) is 28.9 Å². The highest BCUT2D eigenvalue weighted by Crippen LogP contribution is 2.12. The molecule has 0 bridgehead atoms. The van der Waals surface area contributed by atoms with Crippen molar-refractivity contribution in [3.8, 4) is 0 Å². The van der Waals surface area contributed by atoms with E-state index in [1.165, 1.54) is 5.56 Å². The van der Waals surface area contributed by atoms with Gasteiger partial charge in [0.1, 0.15) is 0 Å². The van der Waals surface area contributed by atoms with E-state index in [0.29, 0.717) is 25.2 Å². The molecule has 0 saturated carbocycles. The summed E-state index contributed by atoms with van der Waals surface area (Å²) >= 11 is 0. The third kappa shape index (κ3) is 4.05. The van der Waals surface area contributed by atoms with E-state index in [0.717, 1.165) is 5.69 Å². The first-order valence-electron chi connectivity index (χ1n) is 7.26. The summed E-state index contributed by atoms with van der Waals surface area (Å²) in [5.41, 5.74) is 2.67. The van der Waals surface area contributed by atoms with Gasteiger partial charge in [-0.15, -0.1) is 0 Å². The van der Waals surface area contributed by atoms with Gasteiger partial charge in [-0.25, -0.2) is 0 Å². The summed E-state index contributed by atoms with van der Waals surface area (Å²) in [6.45, 7) is 6.08. The van der Waals surface area contributed by atoms with Gasteiger partial charge in [0.25, 0.3) is 5.91 Å². The second-order valence-corrected chi connectivity index (χ2v) is 4.78. The Balaban J connectivity index is 2.05. The molecule has 1 aromatic carbocycles. The van der Waals surface area contributed by atoms with Gasteiger partial charge >= 0.3 is 0 Å². The number of pyridine rings is 1. The summed E-state index contributed by atoms with van der Waals surface area (Å²) in [5, 5.41) is 3.30. The number of anilines is 1. The third-order valence-corrected chi connectivity index (χ3v) is 3.38. The molecule has 0 radical (unpaired) electrons. The number of rotatable bonds is 6. The smallest absolute Gasteiger partial charge is 0.255 e. The van der Waals surface area contributed by atoms with Crippen molar-refractivity contribution in [3.05, 3.63) is 59.9 Å². The van der Waals surface area contributed by atoms with Crippen LogP contribution < -0.4 is 5.32 Å². The summed E-state index contributed by atoms with van der Waals surface area (Å²) in [5.74, 6) is 0.0239. The van der Waals surface area contributed by atoms with Crippen LogP contribution in [0, 0.1) is 0 Å². The average molecular weight is 283 g/mol. The molecule has 1 N–H and O–H groups in total. The summed E-state index contributed by atoms with van der Waals surface area (Å²) in [6, 6.07) is 12.0. The summed E-state index contributed by atoms with van der Waals surface area (Å²) < 4.78 is 0. The Morgan fingerprint density at radius 2 is 1.86 bits per heavy atom. The van der Waals surface area contributed by atoms with Crippen molar-refractivity contribution in [2.24, 2.45) is 0 Å². The van der Waals surface area contributed by atoms with Gasteiger partial charge in [-0.3, -0.25) is 9.78 Å². The quantitative estimate of drug-likeness (QED) is 0.885. The Morgan fingerprint density at radius 1 is 1.14 bits per heavy atom. The van der Waals surface area contributed by atoms with Crippen molar-refractivity contribution in [2.45, 2.75) is 20.4 Å². The first-order chi connectivity index (χ1) is 10.2. The van der Waals surface area contributed by atoms with E-state index in [2.05, 4.69) is 22.4 Å². The van der Waals surface area contributed by atoms with E-state index in [9.17, 15) is 4.79 Å². The number of hydrogen-bond donors (Lipinski definition) is 1. The van der Waals surface area contributed by atoms with Crippen LogP contribution in [-0.2, 0) is 6.54 Å². The van der Waals surface area contributed by atoms with Crippen LogP contribution in [0.3, 0.4) is 0 Å². The maximum atomic E-state index is 12.3. The molecule has 0 saturated heterocycles. The zero-order chi connectivity index (χ0) is 15.1. The highest BCUT2D eigenvalue weighted by Gasteiger charge is 2.13. The van der Waals surface area contributed by atoms with Crippen LogP contribution in [0.2, 0.25) is 0 Å². The number of carbonyl (C=O) groups is 1. The highest BCUT2D eigenvalue weighted by molar-refractivity contribution is 5.94. The molecule has 2 aromatic rings. The van der Waals surface area contributed by atoms with Crippen LogP contribution in [0.15, 0.2) is 48.8 Å². The molecule has 0 aliphatic carbocycles. The Hall–Kier alpha value is -2.36. The number of nitrogens with one attached hydrogen (secondary N) is 1. The molecule has 21 heavy (non-hydrogen) atoms. The fourth-order valence-electron chi connectivity index (χ4n) is 2.15. The lowest BCUT2D eigenvalue weighted by Gasteiger charge is -2.18. The Labute approximate surface area is 125 Å². The molecule has 1 aromatic heterocycles. The minimum absolute atomic E-state index is 0.0239. The van der Waals surface area contributed by atoms with Crippen molar-refractivity contribution in [2.75, 3.05) is 18.4 Å². The van der Waals surface area contributed by atoms with Gasteiger partial charge in [-0.05, 0) is 25.5 Å². The molecule has 0 aliphatic rings. The summed E-state index contributed by atoms with van der Waals surface area (Å²) in [6.07, 6.45) is 3.36. The lowest BCUT2D eigenvalue weighted by molar-refractivity contribution is 0.0772. The Kier molecular flexibility index (Phi) is 5.32. The van der Waals surface area contributed by atoms with Crippen molar-refractivity contribution in [1.82, 2.24) is 9.88 Å². The van der Waals surface area contributed by atoms with E-state index < -0.39 is 0 Å². The molecule has 110 valence electrons. The molecule has 0 aliphatic heterocycles. The predicted octanol–water partition coefficient (Wildman–Crippen LogP) is 3.18. The topological polar surface area (TPSA) is 45.2 Å². The number of benzene rings is 1. The standard InChI is InChI=1S/C17H21N3O/c1-3-20(4-2)17(21)15-10-16(13-18-12-15)19-11-14-8-6-5-7-9-14/h5-10,12-13,19H,3-4,11H2,1-2H3. The lowest BCUT2D eigenvalue weighted by Crippen LogP contribution is -2.30. The number of aromatic nitrogens is 1. The minimum atomic E-state index is 0.0239. The van der Waals surface area contributed by atoms with E-state index in [1.807, 2.05) is 38.1 Å². The normalized spacial score (nSPS) is 10.2. The fourth-order valence-corrected chi connectivity index (χ4v) is 2.15. The van der Waals surface area contributed by atoms with Crippen LogP contribution >= 0.6 is 0 Å². The van der Waals surface area contributed by atoms with Gasteiger partial charge in [0.2, 0.25) is 0 Å². The predicted molar refractivity (Wildman–Crippen MR) is 85.3 cm³/mol. The number of nitrogens with zero attached hydrogens (tertiary/aromatic N) is 2. The number of hydrogen-bond acceptors (Lipinski definition) is 3. The average Bonchev–Trinajstić information content (AvgIpc) is 2.55. The van der Waals surface area contributed by atoms with Gasteiger partial charge in [0.05, 0.1) is 11.3 Å². The second kappa shape index (κ2) is 7.43.